The largest absolute Gasteiger partial charge is 0.395 e. The number of β-amino-alcohol motifs (C(OH)–C–C–N with tert-alkyl or cyclic N) is 1. The molecule has 2 N–H and O–H groups in total. The number of nitrogens with zero attached hydrogens (tertiary/aromatic N) is 2. The van der Waals surface area contributed by atoms with Crippen molar-refractivity contribution in [2.24, 2.45) is 0 Å². The van der Waals surface area contributed by atoms with E-state index >= 15 is 0 Å². The van der Waals surface area contributed by atoms with Crippen LogP contribution in [-0.2, 0) is 0 Å². The molecule has 0 aromatic carbocycles. The molecule has 1 atom stereocenters. The number of aliphatic hydroxyl groups excluding tert-OH is 1. The van der Waals surface area contributed by atoms with E-state index < -0.39 is 0 Å². The SMILES string of the molecule is OCCN1CCN(C[C@H]2CCCN2)CC1. The minimum absolute atomic E-state index is 0.296. The third-order valence-corrected chi connectivity index (χ3v) is 3.52. The first-order chi connectivity index (χ1) is 7.38. The van der Waals surface area contributed by atoms with Crippen molar-refractivity contribution < 1.29 is 5.11 Å². The Bertz CT molecular complexity index is 175. The van der Waals surface area contributed by atoms with Crippen LogP contribution in [-0.4, -0.2) is 73.4 Å². The maximum atomic E-state index is 8.85. The lowest BCUT2D eigenvalue weighted by Gasteiger charge is -2.35. The van der Waals surface area contributed by atoms with Gasteiger partial charge in [-0.25, -0.2) is 0 Å². The Labute approximate surface area is 92.2 Å². The van der Waals surface area contributed by atoms with E-state index in [-0.39, 0.29) is 0 Å². The summed E-state index contributed by atoms with van der Waals surface area (Å²) in [7, 11) is 0. The Morgan fingerprint density at radius 2 is 1.87 bits per heavy atom. The molecule has 0 saturated carbocycles. The zero-order valence-corrected chi connectivity index (χ0v) is 9.49. The molecule has 88 valence electrons. The summed E-state index contributed by atoms with van der Waals surface area (Å²) in [5, 5.41) is 12.4. The van der Waals surface area contributed by atoms with Crippen molar-refractivity contribution in [2.45, 2.75) is 18.9 Å². The van der Waals surface area contributed by atoms with Crippen molar-refractivity contribution >= 4 is 0 Å². The van der Waals surface area contributed by atoms with Gasteiger partial charge in [-0.05, 0) is 19.4 Å². The molecular weight excluding hydrogens is 190 g/mol. The van der Waals surface area contributed by atoms with Crippen LogP contribution in [0.15, 0.2) is 0 Å². The third kappa shape index (κ3) is 3.41. The maximum Gasteiger partial charge on any atom is 0.0558 e. The highest BCUT2D eigenvalue weighted by Gasteiger charge is 2.21. The van der Waals surface area contributed by atoms with Crippen molar-refractivity contribution in [3.8, 4) is 0 Å². The molecular formula is C11H23N3O. The van der Waals surface area contributed by atoms with Gasteiger partial charge < -0.3 is 10.4 Å². The second-order valence-electron chi connectivity index (χ2n) is 4.66. The Morgan fingerprint density at radius 3 is 2.47 bits per heavy atom. The zero-order chi connectivity index (χ0) is 10.5. The van der Waals surface area contributed by atoms with Gasteiger partial charge in [-0.3, -0.25) is 9.80 Å². The van der Waals surface area contributed by atoms with Crippen LogP contribution in [0.2, 0.25) is 0 Å². The van der Waals surface area contributed by atoms with Crippen molar-refractivity contribution in [3.05, 3.63) is 0 Å². The summed E-state index contributed by atoms with van der Waals surface area (Å²) < 4.78 is 0. The van der Waals surface area contributed by atoms with Crippen molar-refractivity contribution in [3.63, 3.8) is 0 Å². The third-order valence-electron chi connectivity index (χ3n) is 3.52. The van der Waals surface area contributed by atoms with E-state index in [1.165, 1.54) is 25.9 Å². The molecule has 2 heterocycles. The van der Waals surface area contributed by atoms with E-state index in [1.807, 2.05) is 0 Å². The lowest BCUT2D eigenvalue weighted by molar-refractivity contribution is 0.107. The highest BCUT2D eigenvalue weighted by Crippen LogP contribution is 2.09. The summed E-state index contributed by atoms with van der Waals surface area (Å²) >= 11 is 0. The minimum Gasteiger partial charge on any atom is -0.395 e. The molecule has 0 unspecified atom stereocenters. The van der Waals surface area contributed by atoms with Gasteiger partial charge in [0.25, 0.3) is 0 Å². The minimum atomic E-state index is 0.296. The first kappa shape index (κ1) is 11.3. The van der Waals surface area contributed by atoms with Crippen LogP contribution in [0, 0.1) is 0 Å². The second kappa shape index (κ2) is 5.80. The van der Waals surface area contributed by atoms with Gasteiger partial charge in [0.2, 0.25) is 0 Å². The fourth-order valence-electron chi connectivity index (χ4n) is 2.56. The van der Waals surface area contributed by atoms with Crippen LogP contribution in [0.1, 0.15) is 12.8 Å². The highest BCUT2D eigenvalue weighted by atomic mass is 16.3. The molecule has 2 rings (SSSR count). The van der Waals surface area contributed by atoms with Crippen molar-refractivity contribution in [2.75, 3.05) is 52.4 Å². The molecule has 0 amide bonds. The Hall–Kier alpha value is -0.160. The van der Waals surface area contributed by atoms with E-state index in [1.54, 1.807) is 0 Å². The lowest BCUT2D eigenvalue weighted by Crippen LogP contribution is -2.50. The maximum absolute atomic E-state index is 8.85. The topological polar surface area (TPSA) is 38.7 Å². The smallest absolute Gasteiger partial charge is 0.0558 e. The van der Waals surface area contributed by atoms with Gasteiger partial charge in [-0.1, -0.05) is 0 Å². The van der Waals surface area contributed by atoms with E-state index in [2.05, 4.69) is 15.1 Å². The van der Waals surface area contributed by atoms with Crippen LogP contribution < -0.4 is 5.32 Å². The Morgan fingerprint density at radius 1 is 1.13 bits per heavy atom. The van der Waals surface area contributed by atoms with E-state index in [9.17, 15) is 0 Å². The molecule has 15 heavy (non-hydrogen) atoms. The molecule has 0 aliphatic carbocycles. The predicted octanol–water partition coefficient (Wildman–Crippen LogP) is -0.652. The summed E-state index contributed by atoms with van der Waals surface area (Å²) in [6.45, 7) is 8.12. The van der Waals surface area contributed by atoms with Gasteiger partial charge in [0, 0.05) is 45.3 Å². The molecule has 0 aromatic rings. The first-order valence-electron chi connectivity index (χ1n) is 6.17. The van der Waals surface area contributed by atoms with Crippen molar-refractivity contribution in [1.29, 1.82) is 0 Å². The summed E-state index contributed by atoms with van der Waals surface area (Å²) in [6, 6.07) is 0.731. The molecule has 2 saturated heterocycles. The number of hydrogen-bond donors (Lipinski definition) is 2. The number of nitrogens with one attached hydrogen (secondary N) is 1. The number of rotatable bonds is 4. The molecule has 4 heteroatoms. The van der Waals surface area contributed by atoms with Gasteiger partial charge in [-0.2, -0.15) is 0 Å². The van der Waals surface area contributed by atoms with Crippen LogP contribution in [0.3, 0.4) is 0 Å². The number of piperazine rings is 1. The number of aliphatic hydroxyl groups is 1. The molecule has 2 aliphatic heterocycles. The molecule has 0 bridgehead atoms. The normalized spacial score (nSPS) is 29.8. The zero-order valence-electron chi connectivity index (χ0n) is 9.49. The van der Waals surface area contributed by atoms with Gasteiger partial charge in [0.05, 0.1) is 6.61 Å². The van der Waals surface area contributed by atoms with Gasteiger partial charge in [0.1, 0.15) is 0 Å². The average Bonchev–Trinajstić information content (AvgIpc) is 2.74. The lowest BCUT2D eigenvalue weighted by atomic mass is 10.2. The number of hydrogen-bond acceptors (Lipinski definition) is 4. The molecule has 0 spiro atoms. The monoisotopic (exact) mass is 213 g/mol. The molecule has 0 radical (unpaired) electrons. The summed E-state index contributed by atoms with van der Waals surface area (Å²) in [6.07, 6.45) is 2.69. The van der Waals surface area contributed by atoms with Crippen LogP contribution in [0.5, 0.6) is 0 Å². The van der Waals surface area contributed by atoms with E-state index in [4.69, 9.17) is 5.11 Å². The molecule has 0 aromatic heterocycles. The van der Waals surface area contributed by atoms with Crippen molar-refractivity contribution in [1.82, 2.24) is 15.1 Å². The van der Waals surface area contributed by atoms with E-state index in [0.29, 0.717) is 6.61 Å². The van der Waals surface area contributed by atoms with Gasteiger partial charge in [0.15, 0.2) is 0 Å². The van der Waals surface area contributed by atoms with E-state index in [0.717, 1.165) is 38.8 Å². The Balaban J connectivity index is 1.64. The quantitative estimate of drug-likeness (QED) is 0.651. The Kier molecular flexibility index (Phi) is 4.38. The summed E-state index contributed by atoms with van der Waals surface area (Å²) in [5.74, 6) is 0. The summed E-state index contributed by atoms with van der Waals surface area (Å²) in [4.78, 5) is 4.90. The highest BCUT2D eigenvalue weighted by molar-refractivity contribution is 4.80. The van der Waals surface area contributed by atoms with Crippen LogP contribution in [0.4, 0.5) is 0 Å². The second-order valence-corrected chi connectivity index (χ2v) is 4.66. The van der Waals surface area contributed by atoms with Gasteiger partial charge in [-0.15, -0.1) is 0 Å². The van der Waals surface area contributed by atoms with Gasteiger partial charge >= 0.3 is 0 Å². The van der Waals surface area contributed by atoms with Crippen LogP contribution >= 0.6 is 0 Å². The fourth-order valence-corrected chi connectivity index (χ4v) is 2.56. The fraction of sp³-hybridized carbons (Fsp3) is 1.00. The molecule has 4 nitrogen and oxygen atoms in total. The first-order valence-corrected chi connectivity index (χ1v) is 6.17. The van der Waals surface area contributed by atoms with Crippen LogP contribution in [0.25, 0.3) is 0 Å². The average molecular weight is 213 g/mol. The summed E-state index contributed by atoms with van der Waals surface area (Å²) in [5.41, 5.74) is 0. The predicted molar refractivity (Wildman–Crippen MR) is 61.0 cm³/mol. The standard InChI is InChI=1S/C11H23N3O/c15-9-8-13-4-6-14(7-5-13)10-11-2-1-3-12-11/h11-12,15H,1-10H2/t11-/m1/s1. The molecule has 2 aliphatic rings. The molecule has 2 fully saturated rings.